The molecule has 1 saturated carbocycles. The first-order valence-electron chi connectivity index (χ1n) is 4.73. The van der Waals surface area contributed by atoms with E-state index in [1.54, 1.807) is 14.1 Å². The zero-order valence-corrected chi connectivity index (χ0v) is 8.34. The second kappa shape index (κ2) is 4.84. The molecule has 1 N–H and O–H groups in total. The average Bonchev–Trinajstić information content (AvgIpc) is 2.15. The van der Waals surface area contributed by atoms with Gasteiger partial charge in [-0.2, -0.15) is 5.10 Å². The number of hydrazone groups is 1. The summed E-state index contributed by atoms with van der Waals surface area (Å²) >= 11 is 0. The quantitative estimate of drug-likeness (QED) is 0.616. The molecule has 0 aromatic heterocycles. The number of carbonyl (C=O) groups is 1. The number of carbonyl (C=O) groups excluding carboxylic acids is 1. The summed E-state index contributed by atoms with van der Waals surface area (Å²) in [6, 6.07) is -0.155. The summed E-state index contributed by atoms with van der Waals surface area (Å²) in [5.41, 5.74) is 3.65. The van der Waals surface area contributed by atoms with Gasteiger partial charge in [0.25, 0.3) is 0 Å². The van der Waals surface area contributed by atoms with Crippen molar-refractivity contribution >= 4 is 11.7 Å². The maximum atomic E-state index is 11.1. The third-order valence-electron chi connectivity index (χ3n) is 2.15. The molecule has 4 nitrogen and oxygen atoms in total. The van der Waals surface area contributed by atoms with E-state index < -0.39 is 0 Å². The van der Waals surface area contributed by atoms with Crippen LogP contribution in [-0.4, -0.2) is 30.7 Å². The Balaban J connectivity index is 2.33. The van der Waals surface area contributed by atoms with Crippen LogP contribution >= 0.6 is 0 Å². The molecule has 1 fully saturated rings. The lowest BCUT2D eigenvalue weighted by atomic mass is 9.99. The molecule has 0 bridgehead atoms. The fourth-order valence-corrected chi connectivity index (χ4v) is 1.30. The molecule has 4 heteroatoms. The van der Waals surface area contributed by atoms with Gasteiger partial charge >= 0.3 is 6.03 Å². The molecule has 0 atom stereocenters. The number of nitrogens with one attached hydrogen (secondary N) is 1. The Morgan fingerprint density at radius 2 is 1.92 bits per heavy atom. The largest absolute Gasteiger partial charge is 0.337 e. The summed E-state index contributed by atoms with van der Waals surface area (Å²) in [7, 11) is 3.41. The molecule has 1 aliphatic carbocycles. The number of hydrogen-bond acceptors (Lipinski definition) is 2. The summed E-state index contributed by atoms with van der Waals surface area (Å²) in [6.45, 7) is 0. The lowest BCUT2D eigenvalue weighted by molar-refractivity contribution is 0.218. The molecule has 0 saturated heterocycles. The molecule has 74 valence electrons. The lowest BCUT2D eigenvalue weighted by Gasteiger charge is -2.13. The number of rotatable bonds is 1. The van der Waals surface area contributed by atoms with E-state index in [-0.39, 0.29) is 6.03 Å². The monoisotopic (exact) mass is 183 g/mol. The molecular formula is C9H17N3O. The number of nitrogens with zero attached hydrogens (tertiary/aromatic N) is 2. The Labute approximate surface area is 79.0 Å². The number of hydrogen-bond donors (Lipinski definition) is 1. The van der Waals surface area contributed by atoms with E-state index in [1.165, 1.54) is 24.2 Å². The number of amides is 2. The first kappa shape index (κ1) is 10.0. The molecule has 1 aliphatic rings. The van der Waals surface area contributed by atoms with Gasteiger partial charge in [0, 0.05) is 19.8 Å². The van der Waals surface area contributed by atoms with Gasteiger partial charge in [0.1, 0.15) is 0 Å². The second-order valence-electron chi connectivity index (χ2n) is 3.55. The average molecular weight is 183 g/mol. The van der Waals surface area contributed by atoms with Gasteiger partial charge in [0.15, 0.2) is 0 Å². The smallest absolute Gasteiger partial charge is 0.329 e. The molecule has 2 amide bonds. The van der Waals surface area contributed by atoms with Crippen LogP contribution in [0.2, 0.25) is 0 Å². The summed E-state index contributed by atoms with van der Waals surface area (Å²) in [5, 5.41) is 4.08. The molecule has 13 heavy (non-hydrogen) atoms. The van der Waals surface area contributed by atoms with Gasteiger partial charge in [-0.05, 0) is 25.7 Å². The molecule has 0 radical (unpaired) electrons. The summed E-state index contributed by atoms with van der Waals surface area (Å²) < 4.78 is 0. The molecule has 0 aromatic rings. The SMILES string of the molecule is CN(C)C(=O)NN=C1CCCCC1. The summed E-state index contributed by atoms with van der Waals surface area (Å²) in [4.78, 5) is 12.6. The van der Waals surface area contributed by atoms with Crippen molar-refractivity contribution in [3.05, 3.63) is 0 Å². The van der Waals surface area contributed by atoms with E-state index in [1.807, 2.05) is 0 Å². The van der Waals surface area contributed by atoms with Crippen LogP contribution in [0, 0.1) is 0 Å². The summed E-state index contributed by atoms with van der Waals surface area (Å²) in [5.74, 6) is 0. The van der Waals surface area contributed by atoms with E-state index in [4.69, 9.17) is 0 Å². The Morgan fingerprint density at radius 1 is 1.31 bits per heavy atom. The van der Waals surface area contributed by atoms with Crippen molar-refractivity contribution in [1.82, 2.24) is 10.3 Å². The van der Waals surface area contributed by atoms with Gasteiger partial charge < -0.3 is 4.90 Å². The molecule has 0 unspecified atom stereocenters. The van der Waals surface area contributed by atoms with Crippen LogP contribution in [0.1, 0.15) is 32.1 Å². The predicted octanol–water partition coefficient (Wildman–Crippen LogP) is 1.58. The van der Waals surface area contributed by atoms with Crippen LogP contribution in [0.5, 0.6) is 0 Å². The number of urea groups is 1. The standard InChI is InChI=1S/C9H17N3O/c1-12(2)9(13)11-10-8-6-4-3-5-7-8/h3-7H2,1-2H3,(H,11,13). The normalized spacial score (nSPS) is 16.6. The highest BCUT2D eigenvalue weighted by molar-refractivity contribution is 5.86. The zero-order chi connectivity index (χ0) is 9.68. The van der Waals surface area contributed by atoms with Crippen molar-refractivity contribution in [3.8, 4) is 0 Å². The third-order valence-corrected chi connectivity index (χ3v) is 2.15. The van der Waals surface area contributed by atoms with Gasteiger partial charge in [0.05, 0.1) is 0 Å². The maximum Gasteiger partial charge on any atom is 0.337 e. The van der Waals surface area contributed by atoms with Gasteiger partial charge in [0.2, 0.25) is 0 Å². The van der Waals surface area contributed by atoms with Crippen LogP contribution in [0.25, 0.3) is 0 Å². The van der Waals surface area contributed by atoms with E-state index >= 15 is 0 Å². The minimum absolute atomic E-state index is 0.155. The Morgan fingerprint density at radius 3 is 2.46 bits per heavy atom. The highest BCUT2D eigenvalue weighted by atomic mass is 16.2. The van der Waals surface area contributed by atoms with Crippen molar-refractivity contribution in [3.63, 3.8) is 0 Å². The van der Waals surface area contributed by atoms with Gasteiger partial charge in [-0.25, -0.2) is 10.2 Å². The molecule has 1 rings (SSSR count). The van der Waals surface area contributed by atoms with Crippen molar-refractivity contribution in [2.75, 3.05) is 14.1 Å². The minimum atomic E-state index is -0.155. The minimum Gasteiger partial charge on any atom is -0.329 e. The predicted molar refractivity (Wildman–Crippen MR) is 52.7 cm³/mol. The van der Waals surface area contributed by atoms with Crippen LogP contribution < -0.4 is 5.43 Å². The van der Waals surface area contributed by atoms with E-state index in [9.17, 15) is 4.79 Å². The summed E-state index contributed by atoms with van der Waals surface area (Å²) in [6.07, 6.45) is 5.77. The van der Waals surface area contributed by atoms with Crippen molar-refractivity contribution in [2.45, 2.75) is 32.1 Å². The van der Waals surface area contributed by atoms with E-state index in [2.05, 4.69) is 10.5 Å². The molecule has 0 heterocycles. The van der Waals surface area contributed by atoms with Crippen molar-refractivity contribution < 1.29 is 4.79 Å². The molecule has 0 spiro atoms. The Hall–Kier alpha value is -1.06. The Kier molecular flexibility index (Phi) is 3.73. The molecular weight excluding hydrogens is 166 g/mol. The molecule has 0 aliphatic heterocycles. The van der Waals surface area contributed by atoms with Gasteiger partial charge in [-0.3, -0.25) is 0 Å². The van der Waals surface area contributed by atoms with Crippen molar-refractivity contribution in [1.29, 1.82) is 0 Å². The zero-order valence-electron chi connectivity index (χ0n) is 8.34. The highest BCUT2D eigenvalue weighted by Crippen LogP contribution is 2.14. The maximum absolute atomic E-state index is 11.1. The van der Waals surface area contributed by atoms with E-state index in [0.717, 1.165) is 18.6 Å². The lowest BCUT2D eigenvalue weighted by Crippen LogP contribution is -2.32. The third kappa shape index (κ3) is 3.44. The highest BCUT2D eigenvalue weighted by Gasteiger charge is 2.07. The van der Waals surface area contributed by atoms with Crippen LogP contribution in [0.4, 0.5) is 4.79 Å². The van der Waals surface area contributed by atoms with Gasteiger partial charge in [-0.1, -0.05) is 6.42 Å². The second-order valence-corrected chi connectivity index (χ2v) is 3.55. The fraction of sp³-hybridized carbons (Fsp3) is 0.778. The first-order valence-corrected chi connectivity index (χ1v) is 4.73. The fourth-order valence-electron chi connectivity index (χ4n) is 1.30. The van der Waals surface area contributed by atoms with Crippen molar-refractivity contribution in [2.24, 2.45) is 5.10 Å². The molecule has 0 aromatic carbocycles. The Bertz CT molecular complexity index is 203. The van der Waals surface area contributed by atoms with Crippen LogP contribution in [-0.2, 0) is 0 Å². The van der Waals surface area contributed by atoms with Gasteiger partial charge in [-0.15, -0.1) is 0 Å². The van der Waals surface area contributed by atoms with Crippen LogP contribution in [0.3, 0.4) is 0 Å². The first-order chi connectivity index (χ1) is 6.20. The topological polar surface area (TPSA) is 44.7 Å². The van der Waals surface area contributed by atoms with E-state index in [0.29, 0.717) is 0 Å². The van der Waals surface area contributed by atoms with Crippen LogP contribution in [0.15, 0.2) is 5.10 Å².